The molecule has 10 aromatic rings. The molecule has 2 heteroatoms. The lowest BCUT2D eigenvalue weighted by Gasteiger charge is -2.15. The summed E-state index contributed by atoms with van der Waals surface area (Å²) in [5, 5.41) is 4.99. The van der Waals surface area contributed by atoms with Crippen LogP contribution in [-0.4, -0.2) is 9.13 Å². The van der Waals surface area contributed by atoms with Gasteiger partial charge in [0.1, 0.15) is 0 Å². The van der Waals surface area contributed by atoms with E-state index < -0.39 is 0 Å². The Hall–Kier alpha value is -6.64. The number of fused-ring (bicyclic) bond motifs is 6. The SMILES string of the molecule is c1ccc(-c2ccc(-n3c4ccccc4c4cccc(-n5c6ccccc6c6c(-c7ccccc7-c7ccccc7)cccc65)c43)cc2)cc1. The Labute approximate surface area is 290 Å². The first kappa shape index (κ1) is 28.4. The molecule has 0 fully saturated rings. The fourth-order valence-electron chi connectivity index (χ4n) is 7.97. The smallest absolute Gasteiger partial charge is 0.0782 e. The van der Waals surface area contributed by atoms with Gasteiger partial charge in [0.05, 0.1) is 27.8 Å². The fourth-order valence-corrected chi connectivity index (χ4v) is 7.97. The van der Waals surface area contributed by atoms with Crippen LogP contribution in [0.5, 0.6) is 0 Å². The quantitative estimate of drug-likeness (QED) is 0.178. The summed E-state index contributed by atoms with van der Waals surface area (Å²) in [4.78, 5) is 0. The van der Waals surface area contributed by atoms with Crippen LogP contribution in [0, 0.1) is 0 Å². The van der Waals surface area contributed by atoms with Gasteiger partial charge in [-0.1, -0.05) is 158 Å². The molecule has 2 heterocycles. The van der Waals surface area contributed by atoms with Crippen molar-refractivity contribution < 1.29 is 0 Å². The summed E-state index contributed by atoms with van der Waals surface area (Å²) in [6, 6.07) is 70.3. The normalized spacial score (nSPS) is 11.6. The second-order valence-electron chi connectivity index (χ2n) is 12.9. The maximum absolute atomic E-state index is 2.48. The minimum atomic E-state index is 1.14. The maximum atomic E-state index is 2.48. The average Bonchev–Trinajstić information content (AvgIpc) is 3.72. The number of aromatic nitrogens is 2. The van der Waals surface area contributed by atoms with Crippen molar-refractivity contribution in [2.75, 3.05) is 0 Å². The summed E-state index contributed by atoms with van der Waals surface area (Å²) in [6.45, 7) is 0. The Morgan fingerprint density at radius 3 is 1.56 bits per heavy atom. The van der Waals surface area contributed by atoms with Gasteiger partial charge >= 0.3 is 0 Å². The molecule has 0 unspecified atom stereocenters. The van der Waals surface area contributed by atoms with Crippen molar-refractivity contribution in [2.45, 2.75) is 0 Å². The van der Waals surface area contributed by atoms with Crippen LogP contribution >= 0.6 is 0 Å². The van der Waals surface area contributed by atoms with E-state index in [4.69, 9.17) is 0 Å². The minimum Gasteiger partial charge on any atom is -0.307 e. The summed E-state index contributed by atoms with van der Waals surface area (Å²) in [7, 11) is 0. The van der Waals surface area contributed by atoms with E-state index in [1.807, 2.05) is 0 Å². The van der Waals surface area contributed by atoms with Crippen LogP contribution in [-0.2, 0) is 0 Å². The van der Waals surface area contributed by atoms with Crippen LogP contribution in [0.25, 0.3) is 88.4 Å². The van der Waals surface area contributed by atoms with Gasteiger partial charge < -0.3 is 9.13 Å². The zero-order valence-electron chi connectivity index (χ0n) is 27.4. The van der Waals surface area contributed by atoms with Crippen LogP contribution in [0.15, 0.2) is 194 Å². The average molecular weight is 637 g/mol. The summed E-state index contributed by atoms with van der Waals surface area (Å²) >= 11 is 0. The van der Waals surface area contributed by atoms with Crippen molar-refractivity contribution in [1.29, 1.82) is 0 Å². The zero-order valence-corrected chi connectivity index (χ0v) is 27.4. The van der Waals surface area contributed by atoms with E-state index in [2.05, 4.69) is 203 Å². The second-order valence-corrected chi connectivity index (χ2v) is 12.9. The number of para-hydroxylation sites is 3. The van der Waals surface area contributed by atoms with E-state index >= 15 is 0 Å². The third-order valence-electron chi connectivity index (χ3n) is 10.1. The van der Waals surface area contributed by atoms with E-state index in [0.717, 1.165) is 11.4 Å². The summed E-state index contributed by atoms with van der Waals surface area (Å²) in [6.07, 6.45) is 0. The van der Waals surface area contributed by atoms with Crippen LogP contribution in [0.3, 0.4) is 0 Å². The largest absolute Gasteiger partial charge is 0.307 e. The highest BCUT2D eigenvalue weighted by Crippen LogP contribution is 2.44. The van der Waals surface area contributed by atoms with Crippen molar-refractivity contribution in [1.82, 2.24) is 9.13 Å². The lowest BCUT2D eigenvalue weighted by atomic mass is 9.92. The van der Waals surface area contributed by atoms with Crippen LogP contribution in [0.4, 0.5) is 0 Å². The lowest BCUT2D eigenvalue weighted by Crippen LogP contribution is -2.00. The Morgan fingerprint density at radius 2 is 0.800 bits per heavy atom. The molecule has 0 amide bonds. The molecule has 0 bridgehead atoms. The van der Waals surface area contributed by atoms with Gasteiger partial charge in [-0.2, -0.15) is 0 Å². The van der Waals surface area contributed by atoms with Gasteiger partial charge in [0, 0.05) is 27.2 Å². The van der Waals surface area contributed by atoms with Gasteiger partial charge in [-0.05, 0) is 69.8 Å². The molecule has 0 N–H and O–H groups in total. The van der Waals surface area contributed by atoms with Crippen LogP contribution < -0.4 is 0 Å². The lowest BCUT2D eigenvalue weighted by molar-refractivity contribution is 1.13. The first-order valence-corrected chi connectivity index (χ1v) is 17.2. The molecule has 2 aromatic heterocycles. The summed E-state index contributed by atoms with van der Waals surface area (Å²) in [5.74, 6) is 0. The molecule has 0 spiro atoms. The van der Waals surface area contributed by atoms with Crippen molar-refractivity contribution >= 4 is 43.6 Å². The Morgan fingerprint density at radius 1 is 0.280 bits per heavy atom. The number of hydrogen-bond donors (Lipinski definition) is 0. The van der Waals surface area contributed by atoms with Crippen molar-refractivity contribution in [3.8, 4) is 44.8 Å². The maximum Gasteiger partial charge on any atom is 0.0782 e. The number of rotatable bonds is 5. The van der Waals surface area contributed by atoms with Crippen molar-refractivity contribution in [3.63, 3.8) is 0 Å². The zero-order chi connectivity index (χ0) is 33.0. The first-order valence-electron chi connectivity index (χ1n) is 17.2. The molecular weight excluding hydrogens is 605 g/mol. The van der Waals surface area contributed by atoms with Gasteiger partial charge in [0.25, 0.3) is 0 Å². The number of benzene rings is 8. The fraction of sp³-hybridized carbons (Fsp3) is 0. The van der Waals surface area contributed by atoms with E-state index in [-0.39, 0.29) is 0 Å². The number of hydrogen-bond acceptors (Lipinski definition) is 0. The molecule has 0 radical (unpaired) electrons. The summed E-state index contributed by atoms with van der Waals surface area (Å²) in [5.41, 5.74) is 14.4. The Bertz CT molecular complexity index is 2840. The molecule has 234 valence electrons. The van der Waals surface area contributed by atoms with Crippen LogP contribution in [0.1, 0.15) is 0 Å². The van der Waals surface area contributed by atoms with Gasteiger partial charge in [0.15, 0.2) is 0 Å². The predicted molar refractivity (Wildman–Crippen MR) is 211 cm³/mol. The summed E-state index contributed by atoms with van der Waals surface area (Å²) < 4.78 is 4.93. The standard InChI is InChI=1S/C48H32N2/c1-3-15-33(16-4-1)34-29-31-36(32-30-34)49-43-25-11-9-21-39(43)41-24-14-28-46(48(41)49)50-44-26-12-10-22-42(44)47-40(23-13-27-45(47)50)38-20-8-7-19-37(38)35-17-5-2-6-18-35/h1-32H. The second kappa shape index (κ2) is 11.5. The molecule has 10 rings (SSSR count). The van der Waals surface area contributed by atoms with Gasteiger partial charge in [-0.15, -0.1) is 0 Å². The van der Waals surface area contributed by atoms with Crippen molar-refractivity contribution in [2.24, 2.45) is 0 Å². The Balaban J connectivity index is 1.27. The molecule has 0 aliphatic heterocycles. The number of nitrogens with zero attached hydrogens (tertiary/aromatic N) is 2. The topological polar surface area (TPSA) is 9.86 Å². The highest BCUT2D eigenvalue weighted by atomic mass is 15.1. The van der Waals surface area contributed by atoms with E-state index in [1.54, 1.807) is 0 Å². The molecule has 0 aliphatic carbocycles. The first-order chi connectivity index (χ1) is 24.8. The third kappa shape index (κ3) is 4.36. The minimum absolute atomic E-state index is 1.14. The molecule has 0 saturated carbocycles. The van der Waals surface area contributed by atoms with E-state index in [1.165, 1.54) is 77.0 Å². The highest BCUT2D eigenvalue weighted by Gasteiger charge is 2.22. The van der Waals surface area contributed by atoms with Gasteiger partial charge in [-0.25, -0.2) is 0 Å². The van der Waals surface area contributed by atoms with Crippen molar-refractivity contribution in [3.05, 3.63) is 194 Å². The molecule has 8 aromatic carbocycles. The monoisotopic (exact) mass is 636 g/mol. The molecular formula is C48H32N2. The third-order valence-corrected chi connectivity index (χ3v) is 10.1. The highest BCUT2D eigenvalue weighted by molar-refractivity contribution is 6.18. The van der Waals surface area contributed by atoms with Gasteiger partial charge in [-0.3, -0.25) is 0 Å². The van der Waals surface area contributed by atoms with Gasteiger partial charge in [0.2, 0.25) is 0 Å². The predicted octanol–water partition coefficient (Wildman–Crippen LogP) is 12.9. The van der Waals surface area contributed by atoms with Crippen LogP contribution in [0.2, 0.25) is 0 Å². The molecule has 0 saturated heterocycles. The van der Waals surface area contributed by atoms with E-state index in [9.17, 15) is 0 Å². The van der Waals surface area contributed by atoms with E-state index in [0.29, 0.717) is 0 Å². The molecule has 50 heavy (non-hydrogen) atoms. The molecule has 0 atom stereocenters. The molecule has 2 nitrogen and oxygen atoms in total. The Kier molecular flexibility index (Phi) is 6.53. The molecule has 0 aliphatic rings.